The maximum absolute atomic E-state index is 13.5. The summed E-state index contributed by atoms with van der Waals surface area (Å²) in [4.78, 5) is 0. The minimum absolute atomic E-state index is 0.148. The zero-order chi connectivity index (χ0) is 11.2. The van der Waals surface area contributed by atoms with Crippen molar-refractivity contribution in [3.8, 4) is 17.6 Å². The van der Waals surface area contributed by atoms with Crippen molar-refractivity contribution in [2.24, 2.45) is 0 Å². The highest BCUT2D eigenvalue weighted by Crippen LogP contribution is 2.54. The number of nitrogens with zero attached hydrogens (tertiary/aromatic N) is 1. The molecule has 0 unspecified atom stereocenters. The fraction of sp³-hybridized carbons (Fsp3) is 0.300. The molecular weight excluding hydrogens is 221 g/mol. The quantitative estimate of drug-likeness (QED) is 0.725. The van der Waals surface area contributed by atoms with Gasteiger partial charge in [-0.05, 0) is 12.8 Å². The summed E-state index contributed by atoms with van der Waals surface area (Å²) in [5, 5.41) is 27.5. The Kier molecular flexibility index (Phi) is 2.02. The second kappa shape index (κ2) is 3.01. The predicted molar refractivity (Wildman–Crippen MR) is 51.3 cm³/mol. The Labute approximate surface area is 90.3 Å². The highest BCUT2D eigenvalue weighted by molar-refractivity contribution is 6.32. The predicted octanol–water partition coefficient (Wildman–Crippen LogP) is 2.45. The van der Waals surface area contributed by atoms with Gasteiger partial charge in [0.25, 0.3) is 0 Å². The van der Waals surface area contributed by atoms with Crippen molar-refractivity contribution in [2.45, 2.75) is 18.3 Å². The number of hydrogen-bond donors (Lipinski definition) is 2. The van der Waals surface area contributed by atoms with Crippen molar-refractivity contribution in [1.82, 2.24) is 0 Å². The van der Waals surface area contributed by atoms with Crippen molar-refractivity contribution < 1.29 is 14.6 Å². The number of aromatic hydroxyl groups is 2. The van der Waals surface area contributed by atoms with Gasteiger partial charge in [-0.3, -0.25) is 0 Å². The van der Waals surface area contributed by atoms with Gasteiger partial charge in [0.2, 0.25) is 0 Å². The van der Waals surface area contributed by atoms with Gasteiger partial charge >= 0.3 is 0 Å². The summed E-state index contributed by atoms with van der Waals surface area (Å²) in [5.74, 6) is -2.06. The largest absolute Gasteiger partial charge is 0.506 e. The summed E-state index contributed by atoms with van der Waals surface area (Å²) in [6.07, 6.45) is 0.932. The third-order valence-corrected chi connectivity index (χ3v) is 2.90. The Balaban J connectivity index is 2.71. The third-order valence-electron chi connectivity index (χ3n) is 2.61. The van der Waals surface area contributed by atoms with E-state index in [9.17, 15) is 14.6 Å². The number of rotatable bonds is 1. The van der Waals surface area contributed by atoms with Crippen LogP contribution < -0.4 is 0 Å². The normalized spacial score (nSPS) is 17.1. The van der Waals surface area contributed by atoms with Gasteiger partial charge < -0.3 is 10.2 Å². The number of nitriles is 1. The molecule has 0 saturated heterocycles. The van der Waals surface area contributed by atoms with Gasteiger partial charge in [0.05, 0.1) is 22.1 Å². The molecule has 15 heavy (non-hydrogen) atoms. The fourth-order valence-corrected chi connectivity index (χ4v) is 1.78. The molecule has 1 aliphatic carbocycles. The topological polar surface area (TPSA) is 64.2 Å². The van der Waals surface area contributed by atoms with Crippen LogP contribution in [0.4, 0.5) is 4.39 Å². The monoisotopic (exact) mass is 227 g/mol. The lowest BCUT2D eigenvalue weighted by atomic mass is 9.95. The van der Waals surface area contributed by atoms with E-state index < -0.39 is 22.7 Å². The Bertz CT molecular complexity index is 451. The van der Waals surface area contributed by atoms with E-state index in [2.05, 4.69) is 0 Å². The van der Waals surface area contributed by atoms with Gasteiger partial charge in [0.15, 0.2) is 11.6 Å². The van der Waals surface area contributed by atoms with Gasteiger partial charge in [-0.2, -0.15) is 5.26 Å². The van der Waals surface area contributed by atoms with Crippen LogP contribution in [0.5, 0.6) is 11.5 Å². The van der Waals surface area contributed by atoms with Crippen molar-refractivity contribution in [3.05, 3.63) is 22.5 Å². The van der Waals surface area contributed by atoms with Crippen LogP contribution in [0.25, 0.3) is 0 Å². The van der Waals surface area contributed by atoms with Crippen molar-refractivity contribution in [2.75, 3.05) is 0 Å². The summed E-state index contributed by atoms with van der Waals surface area (Å²) in [6.45, 7) is 0. The van der Waals surface area contributed by atoms with E-state index in [1.165, 1.54) is 0 Å². The van der Waals surface area contributed by atoms with E-state index in [0.717, 1.165) is 6.07 Å². The van der Waals surface area contributed by atoms with E-state index in [0.29, 0.717) is 12.8 Å². The van der Waals surface area contributed by atoms with Gasteiger partial charge in [0, 0.05) is 6.07 Å². The number of benzene rings is 1. The molecule has 0 amide bonds. The van der Waals surface area contributed by atoms with Gasteiger partial charge in [0.1, 0.15) is 5.75 Å². The minimum atomic E-state index is -1.02. The molecule has 3 nitrogen and oxygen atoms in total. The Morgan fingerprint density at radius 2 is 2.07 bits per heavy atom. The summed E-state index contributed by atoms with van der Waals surface area (Å²) >= 11 is 5.60. The Hall–Kier alpha value is -1.47. The van der Waals surface area contributed by atoms with Crippen molar-refractivity contribution in [3.63, 3.8) is 0 Å². The van der Waals surface area contributed by atoms with Crippen LogP contribution in [0.15, 0.2) is 6.07 Å². The number of halogens is 2. The molecular formula is C10H7ClFNO2. The molecule has 0 atom stereocenters. The average Bonchev–Trinajstić information content (AvgIpc) is 2.96. The van der Waals surface area contributed by atoms with Crippen LogP contribution in [0.2, 0.25) is 5.02 Å². The Morgan fingerprint density at radius 3 is 2.53 bits per heavy atom. The van der Waals surface area contributed by atoms with Gasteiger partial charge in [-0.25, -0.2) is 4.39 Å². The first-order valence-electron chi connectivity index (χ1n) is 4.33. The summed E-state index contributed by atoms with van der Waals surface area (Å²) in [6, 6.07) is 2.85. The van der Waals surface area contributed by atoms with Gasteiger partial charge in [-0.1, -0.05) is 11.6 Å². The molecule has 0 aliphatic heterocycles. The lowest BCUT2D eigenvalue weighted by molar-refractivity contribution is 0.410. The van der Waals surface area contributed by atoms with Crippen LogP contribution in [0.3, 0.4) is 0 Å². The average molecular weight is 228 g/mol. The van der Waals surface area contributed by atoms with Crippen molar-refractivity contribution >= 4 is 11.6 Å². The molecule has 0 spiro atoms. The zero-order valence-corrected chi connectivity index (χ0v) is 8.35. The number of hydrogen-bond acceptors (Lipinski definition) is 3. The maximum atomic E-state index is 13.5. The molecule has 1 aromatic carbocycles. The van der Waals surface area contributed by atoms with Crippen molar-refractivity contribution in [1.29, 1.82) is 5.26 Å². The Morgan fingerprint density at radius 1 is 1.47 bits per heavy atom. The molecule has 5 heteroatoms. The van der Waals surface area contributed by atoms with Crippen LogP contribution in [-0.2, 0) is 5.41 Å². The van der Waals surface area contributed by atoms with Gasteiger partial charge in [-0.15, -0.1) is 0 Å². The maximum Gasteiger partial charge on any atom is 0.173 e. The molecule has 2 rings (SSSR count). The first kappa shape index (κ1) is 10.1. The van der Waals surface area contributed by atoms with Crippen LogP contribution in [0, 0.1) is 17.1 Å². The molecule has 0 radical (unpaired) electrons. The highest BCUT2D eigenvalue weighted by Gasteiger charge is 2.49. The summed E-state index contributed by atoms with van der Waals surface area (Å²) in [5.41, 5.74) is -1.20. The molecule has 78 valence electrons. The molecule has 2 N–H and O–H groups in total. The smallest absolute Gasteiger partial charge is 0.173 e. The van der Waals surface area contributed by atoms with E-state index in [1.54, 1.807) is 0 Å². The first-order chi connectivity index (χ1) is 7.02. The molecule has 1 fully saturated rings. The van der Waals surface area contributed by atoms with Crippen LogP contribution in [-0.4, -0.2) is 10.2 Å². The first-order valence-corrected chi connectivity index (χ1v) is 4.71. The van der Waals surface area contributed by atoms with E-state index in [1.807, 2.05) is 6.07 Å². The summed E-state index contributed by atoms with van der Waals surface area (Å²) < 4.78 is 13.5. The minimum Gasteiger partial charge on any atom is -0.506 e. The third kappa shape index (κ3) is 1.31. The van der Waals surface area contributed by atoms with E-state index >= 15 is 0 Å². The standard InChI is InChI=1S/C10H7ClFNO2/c11-5-3-6(14)8(12)7(9(5)15)10(4-13)1-2-10/h3,14-15H,1-2H2. The SMILES string of the molecule is N#CC1(c2c(O)c(Cl)cc(O)c2F)CC1. The van der Waals surface area contributed by atoms with E-state index in [4.69, 9.17) is 16.9 Å². The lowest BCUT2D eigenvalue weighted by Crippen LogP contribution is -2.06. The molecule has 0 aromatic heterocycles. The fourth-order valence-electron chi connectivity index (χ4n) is 1.58. The number of phenolic OH excluding ortho intramolecular Hbond substituents is 2. The zero-order valence-electron chi connectivity index (χ0n) is 7.59. The molecule has 1 aliphatic rings. The molecule has 0 heterocycles. The molecule has 1 aromatic rings. The molecule has 0 bridgehead atoms. The van der Waals surface area contributed by atoms with Crippen LogP contribution in [0.1, 0.15) is 18.4 Å². The van der Waals surface area contributed by atoms with Crippen LogP contribution >= 0.6 is 11.6 Å². The lowest BCUT2D eigenvalue weighted by Gasteiger charge is -2.12. The second-order valence-electron chi connectivity index (χ2n) is 3.61. The summed E-state index contributed by atoms with van der Waals surface area (Å²) in [7, 11) is 0. The number of phenols is 2. The molecule has 1 saturated carbocycles. The highest BCUT2D eigenvalue weighted by atomic mass is 35.5. The van der Waals surface area contributed by atoms with E-state index in [-0.39, 0.29) is 10.6 Å². The second-order valence-corrected chi connectivity index (χ2v) is 4.02.